The molecule has 2 aromatic rings. The zero-order chi connectivity index (χ0) is 10.8. The summed E-state index contributed by atoms with van der Waals surface area (Å²) < 4.78 is 5.07. The lowest BCUT2D eigenvalue weighted by atomic mass is 10.0. The maximum Gasteiger partial charge on any atom is 0.0981 e. The Bertz CT molecular complexity index is 444. The van der Waals surface area contributed by atoms with Crippen LogP contribution in [0.4, 0.5) is 0 Å². The van der Waals surface area contributed by atoms with Crippen LogP contribution in [0.1, 0.15) is 31.0 Å². The molecule has 0 radical (unpaired) electrons. The topological polar surface area (TPSA) is 26.0 Å². The average Bonchev–Trinajstić information content (AvgIpc) is 2.70. The number of rotatable bonds is 2. The first kappa shape index (κ1) is 9.97. The summed E-state index contributed by atoms with van der Waals surface area (Å²) >= 11 is 0. The van der Waals surface area contributed by atoms with Gasteiger partial charge in [0.1, 0.15) is 0 Å². The molecule has 0 saturated carbocycles. The SMILES string of the molecule is Cc1cc(C(C)C)ncc1-c1ccoc1. The molecule has 15 heavy (non-hydrogen) atoms. The number of nitrogens with zero attached hydrogens (tertiary/aromatic N) is 1. The van der Waals surface area contributed by atoms with Gasteiger partial charge in [0.05, 0.1) is 12.5 Å². The van der Waals surface area contributed by atoms with Crippen molar-refractivity contribution in [3.63, 3.8) is 0 Å². The first-order valence-electron chi connectivity index (χ1n) is 5.17. The second-order valence-corrected chi connectivity index (χ2v) is 4.09. The molecule has 0 aromatic carbocycles. The van der Waals surface area contributed by atoms with Gasteiger partial charge in [-0.1, -0.05) is 13.8 Å². The van der Waals surface area contributed by atoms with Crippen LogP contribution in [0.2, 0.25) is 0 Å². The van der Waals surface area contributed by atoms with Crippen LogP contribution in [-0.2, 0) is 0 Å². The number of furan rings is 1. The van der Waals surface area contributed by atoms with E-state index in [9.17, 15) is 0 Å². The van der Waals surface area contributed by atoms with Gasteiger partial charge < -0.3 is 4.42 Å². The molecule has 0 fully saturated rings. The molecule has 0 saturated heterocycles. The smallest absolute Gasteiger partial charge is 0.0981 e. The number of hydrogen-bond acceptors (Lipinski definition) is 2. The maximum atomic E-state index is 5.07. The molecule has 0 spiro atoms. The van der Waals surface area contributed by atoms with Crippen LogP contribution in [0.5, 0.6) is 0 Å². The molecule has 78 valence electrons. The van der Waals surface area contributed by atoms with Crippen molar-refractivity contribution in [2.45, 2.75) is 26.7 Å². The van der Waals surface area contributed by atoms with E-state index in [1.807, 2.05) is 12.3 Å². The Morgan fingerprint density at radius 1 is 1.33 bits per heavy atom. The summed E-state index contributed by atoms with van der Waals surface area (Å²) in [5.41, 5.74) is 4.62. The van der Waals surface area contributed by atoms with Crippen LogP contribution in [0, 0.1) is 6.92 Å². The Kier molecular flexibility index (Phi) is 2.58. The summed E-state index contributed by atoms with van der Waals surface area (Å²) in [5.74, 6) is 0.474. The van der Waals surface area contributed by atoms with Crippen molar-refractivity contribution in [1.29, 1.82) is 0 Å². The number of aryl methyl sites for hydroxylation is 1. The monoisotopic (exact) mass is 201 g/mol. The molecular weight excluding hydrogens is 186 g/mol. The Morgan fingerprint density at radius 3 is 2.67 bits per heavy atom. The first-order valence-corrected chi connectivity index (χ1v) is 5.17. The largest absolute Gasteiger partial charge is 0.472 e. The van der Waals surface area contributed by atoms with Crippen molar-refractivity contribution in [2.24, 2.45) is 0 Å². The molecule has 0 amide bonds. The number of pyridine rings is 1. The van der Waals surface area contributed by atoms with E-state index in [2.05, 4.69) is 31.8 Å². The molecular formula is C13H15NO. The second-order valence-electron chi connectivity index (χ2n) is 4.09. The zero-order valence-electron chi connectivity index (χ0n) is 9.32. The summed E-state index contributed by atoms with van der Waals surface area (Å²) in [7, 11) is 0. The molecule has 0 aliphatic carbocycles. The van der Waals surface area contributed by atoms with E-state index in [1.165, 1.54) is 5.56 Å². The van der Waals surface area contributed by atoms with Gasteiger partial charge in [0.25, 0.3) is 0 Å². The highest BCUT2D eigenvalue weighted by Crippen LogP contribution is 2.25. The molecule has 2 rings (SSSR count). The molecule has 2 heteroatoms. The Labute approximate surface area is 90.0 Å². The van der Waals surface area contributed by atoms with Crippen molar-refractivity contribution in [1.82, 2.24) is 4.98 Å². The summed E-state index contributed by atoms with van der Waals surface area (Å²) in [6, 6.07) is 4.10. The molecule has 2 heterocycles. The summed E-state index contributed by atoms with van der Waals surface area (Å²) in [6.45, 7) is 6.41. The fraction of sp³-hybridized carbons (Fsp3) is 0.308. The minimum absolute atomic E-state index is 0.474. The number of aromatic nitrogens is 1. The molecule has 2 nitrogen and oxygen atoms in total. The van der Waals surface area contributed by atoms with Crippen molar-refractivity contribution in [3.05, 3.63) is 42.1 Å². The van der Waals surface area contributed by atoms with E-state index in [0.717, 1.165) is 16.8 Å². The van der Waals surface area contributed by atoms with Gasteiger partial charge in [0, 0.05) is 23.0 Å². The Morgan fingerprint density at radius 2 is 2.13 bits per heavy atom. The van der Waals surface area contributed by atoms with Gasteiger partial charge >= 0.3 is 0 Å². The maximum absolute atomic E-state index is 5.07. The third-order valence-corrected chi connectivity index (χ3v) is 2.56. The summed E-state index contributed by atoms with van der Waals surface area (Å²) in [4.78, 5) is 4.45. The zero-order valence-corrected chi connectivity index (χ0v) is 9.32. The summed E-state index contributed by atoms with van der Waals surface area (Å²) in [5, 5.41) is 0. The van der Waals surface area contributed by atoms with Crippen LogP contribution in [0.3, 0.4) is 0 Å². The van der Waals surface area contributed by atoms with Crippen LogP contribution < -0.4 is 0 Å². The van der Waals surface area contributed by atoms with E-state index >= 15 is 0 Å². The lowest BCUT2D eigenvalue weighted by Gasteiger charge is -2.08. The highest BCUT2D eigenvalue weighted by Gasteiger charge is 2.07. The Hall–Kier alpha value is -1.57. The van der Waals surface area contributed by atoms with E-state index in [4.69, 9.17) is 4.42 Å². The first-order chi connectivity index (χ1) is 7.18. The van der Waals surface area contributed by atoms with Crippen molar-refractivity contribution in [2.75, 3.05) is 0 Å². The van der Waals surface area contributed by atoms with Crippen molar-refractivity contribution < 1.29 is 4.42 Å². The van der Waals surface area contributed by atoms with Crippen LogP contribution in [-0.4, -0.2) is 4.98 Å². The van der Waals surface area contributed by atoms with E-state index in [0.29, 0.717) is 5.92 Å². The van der Waals surface area contributed by atoms with Gasteiger partial charge in [-0.2, -0.15) is 0 Å². The van der Waals surface area contributed by atoms with E-state index in [-0.39, 0.29) is 0 Å². The third kappa shape index (κ3) is 1.94. The lowest BCUT2D eigenvalue weighted by molar-refractivity contribution is 0.568. The molecule has 0 aliphatic rings. The average molecular weight is 201 g/mol. The van der Waals surface area contributed by atoms with E-state index in [1.54, 1.807) is 12.5 Å². The van der Waals surface area contributed by atoms with Gasteiger partial charge in [-0.05, 0) is 30.5 Å². The number of hydrogen-bond donors (Lipinski definition) is 0. The standard InChI is InChI=1S/C13H15NO/c1-9(2)13-6-10(3)12(7-14-13)11-4-5-15-8-11/h4-9H,1-3H3. The van der Waals surface area contributed by atoms with Gasteiger partial charge in [-0.15, -0.1) is 0 Å². The van der Waals surface area contributed by atoms with E-state index < -0.39 is 0 Å². The molecule has 0 bridgehead atoms. The third-order valence-electron chi connectivity index (χ3n) is 2.56. The van der Waals surface area contributed by atoms with Crippen molar-refractivity contribution >= 4 is 0 Å². The molecule has 0 atom stereocenters. The fourth-order valence-corrected chi connectivity index (χ4v) is 1.61. The fourth-order valence-electron chi connectivity index (χ4n) is 1.61. The quantitative estimate of drug-likeness (QED) is 0.739. The molecule has 0 N–H and O–H groups in total. The molecule has 0 unspecified atom stereocenters. The van der Waals surface area contributed by atoms with Gasteiger partial charge in [-0.3, -0.25) is 4.98 Å². The minimum Gasteiger partial charge on any atom is -0.472 e. The molecule has 0 aliphatic heterocycles. The molecule has 2 aromatic heterocycles. The predicted molar refractivity (Wildman–Crippen MR) is 60.8 cm³/mol. The highest BCUT2D eigenvalue weighted by molar-refractivity contribution is 5.65. The minimum atomic E-state index is 0.474. The Balaban J connectivity index is 2.44. The van der Waals surface area contributed by atoms with Crippen LogP contribution in [0.25, 0.3) is 11.1 Å². The van der Waals surface area contributed by atoms with Crippen LogP contribution >= 0.6 is 0 Å². The normalized spacial score (nSPS) is 10.9. The summed E-state index contributed by atoms with van der Waals surface area (Å²) in [6.07, 6.45) is 5.36. The highest BCUT2D eigenvalue weighted by atomic mass is 16.3. The predicted octanol–water partition coefficient (Wildman–Crippen LogP) is 3.77. The van der Waals surface area contributed by atoms with Crippen molar-refractivity contribution in [3.8, 4) is 11.1 Å². The second kappa shape index (κ2) is 3.89. The lowest BCUT2D eigenvalue weighted by Crippen LogP contribution is -1.94. The van der Waals surface area contributed by atoms with Crippen LogP contribution in [0.15, 0.2) is 35.3 Å². The van der Waals surface area contributed by atoms with Gasteiger partial charge in [0.15, 0.2) is 0 Å². The van der Waals surface area contributed by atoms with Gasteiger partial charge in [-0.25, -0.2) is 0 Å². The van der Waals surface area contributed by atoms with Gasteiger partial charge in [0.2, 0.25) is 0 Å².